The molecule has 3 rings (SSSR count). The number of primary amides is 1. The second kappa shape index (κ2) is 9.20. The summed E-state index contributed by atoms with van der Waals surface area (Å²) in [7, 11) is 0. The average molecular weight is 419 g/mol. The highest BCUT2D eigenvalue weighted by molar-refractivity contribution is 8.03. The molecule has 1 aromatic heterocycles. The summed E-state index contributed by atoms with van der Waals surface area (Å²) in [5, 5.41) is 13.3. The predicted molar refractivity (Wildman–Crippen MR) is 111 cm³/mol. The van der Waals surface area contributed by atoms with E-state index in [0.29, 0.717) is 8.68 Å². The number of amides is 2. The minimum atomic E-state index is -0.397. The molecule has 3 aromatic rings. The van der Waals surface area contributed by atoms with E-state index in [-0.39, 0.29) is 23.5 Å². The van der Waals surface area contributed by atoms with Crippen LogP contribution in [0.5, 0.6) is 0 Å². The molecule has 1 atom stereocenters. The molecule has 0 aliphatic carbocycles. The molecule has 6 nitrogen and oxygen atoms in total. The summed E-state index contributed by atoms with van der Waals surface area (Å²) in [6.07, 6.45) is 0. The van der Waals surface area contributed by atoms with Crippen molar-refractivity contribution in [1.29, 1.82) is 0 Å². The fraction of sp³-hybridized carbons (Fsp3) is 0.222. The number of benzene rings is 2. The van der Waals surface area contributed by atoms with E-state index in [4.69, 9.17) is 5.73 Å². The van der Waals surface area contributed by atoms with Crippen LogP contribution in [0.4, 0.5) is 0 Å². The molecule has 9 heteroatoms. The number of carbonyl (C=O) groups excluding carboxylic acids is 2. The fourth-order valence-electron chi connectivity index (χ4n) is 2.42. The third-order valence-electron chi connectivity index (χ3n) is 3.70. The van der Waals surface area contributed by atoms with Crippen LogP contribution in [-0.4, -0.2) is 33.5 Å². The average Bonchev–Trinajstić information content (AvgIpc) is 3.12. The number of aromatic nitrogens is 2. The molecule has 3 N–H and O–H groups in total. The summed E-state index contributed by atoms with van der Waals surface area (Å²) in [5.41, 5.74) is 6.17. The first-order chi connectivity index (χ1) is 13.0. The predicted octanol–water partition coefficient (Wildman–Crippen LogP) is 3.24. The Morgan fingerprint density at radius 1 is 1.07 bits per heavy atom. The van der Waals surface area contributed by atoms with E-state index in [2.05, 4.69) is 39.8 Å². The first-order valence-electron chi connectivity index (χ1n) is 8.17. The molecule has 0 fully saturated rings. The van der Waals surface area contributed by atoms with E-state index < -0.39 is 5.91 Å². The van der Waals surface area contributed by atoms with Gasteiger partial charge < -0.3 is 11.1 Å². The number of nitrogens with zero attached hydrogens (tertiary/aromatic N) is 2. The van der Waals surface area contributed by atoms with Crippen LogP contribution < -0.4 is 11.1 Å². The van der Waals surface area contributed by atoms with Crippen LogP contribution in [-0.2, 0) is 9.59 Å². The van der Waals surface area contributed by atoms with Gasteiger partial charge in [0.2, 0.25) is 11.8 Å². The van der Waals surface area contributed by atoms with E-state index in [0.717, 1.165) is 10.9 Å². The lowest BCUT2D eigenvalue weighted by atomic mass is 10.0. The second-order valence-electron chi connectivity index (χ2n) is 5.77. The number of rotatable bonds is 8. The van der Waals surface area contributed by atoms with Gasteiger partial charge in [-0.15, -0.1) is 10.2 Å². The van der Waals surface area contributed by atoms with Crippen LogP contribution >= 0.6 is 34.9 Å². The molecule has 0 spiro atoms. The first kappa shape index (κ1) is 19.7. The lowest BCUT2D eigenvalue weighted by Crippen LogP contribution is -2.28. The summed E-state index contributed by atoms with van der Waals surface area (Å²) in [6, 6.07) is 14.3. The normalized spacial score (nSPS) is 12.0. The molecule has 0 saturated carbocycles. The largest absolute Gasteiger partial charge is 0.369 e. The Kier molecular flexibility index (Phi) is 6.70. The number of hydrogen-bond donors (Lipinski definition) is 2. The smallest absolute Gasteiger partial charge is 0.230 e. The molecular weight excluding hydrogens is 400 g/mol. The zero-order chi connectivity index (χ0) is 19.2. The van der Waals surface area contributed by atoms with Gasteiger partial charge in [-0.25, -0.2) is 0 Å². The minimum absolute atomic E-state index is 0.0674. The van der Waals surface area contributed by atoms with Gasteiger partial charge in [-0.1, -0.05) is 71.3 Å². The third-order valence-corrected chi connectivity index (χ3v) is 6.92. The molecule has 0 aliphatic heterocycles. The third kappa shape index (κ3) is 5.69. The van der Waals surface area contributed by atoms with Gasteiger partial charge >= 0.3 is 0 Å². The highest BCUT2D eigenvalue weighted by Gasteiger charge is 2.13. The Balaban J connectivity index is 1.51. The van der Waals surface area contributed by atoms with Crippen LogP contribution in [0, 0.1) is 0 Å². The Bertz CT molecular complexity index is 960. The van der Waals surface area contributed by atoms with Crippen LogP contribution in [0.2, 0.25) is 0 Å². The van der Waals surface area contributed by atoms with Crippen molar-refractivity contribution in [3.8, 4) is 0 Å². The van der Waals surface area contributed by atoms with Crippen molar-refractivity contribution in [2.75, 3.05) is 11.5 Å². The SMILES string of the molecule is CC(NC(=O)CSc1nnc(SCC(N)=O)s1)c1ccc2ccccc2c1. The van der Waals surface area contributed by atoms with Gasteiger partial charge in [0.1, 0.15) is 0 Å². The Morgan fingerprint density at radius 2 is 1.74 bits per heavy atom. The van der Waals surface area contributed by atoms with E-state index in [9.17, 15) is 9.59 Å². The maximum Gasteiger partial charge on any atom is 0.230 e. The van der Waals surface area contributed by atoms with E-state index in [1.807, 2.05) is 25.1 Å². The molecule has 2 amide bonds. The summed E-state index contributed by atoms with van der Waals surface area (Å²) in [6.45, 7) is 1.97. The van der Waals surface area contributed by atoms with Crippen molar-refractivity contribution in [3.63, 3.8) is 0 Å². The van der Waals surface area contributed by atoms with Crippen molar-refractivity contribution < 1.29 is 9.59 Å². The standard InChI is InChI=1S/C18H18N4O2S3/c1-11(13-7-6-12-4-2-3-5-14(12)8-13)20-16(24)10-26-18-22-21-17(27-18)25-9-15(19)23/h2-8,11H,9-10H2,1H3,(H2,19,23)(H,20,24). The maximum atomic E-state index is 12.2. The molecule has 0 bridgehead atoms. The number of nitrogens with two attached hydrogens (primary N) is 1. The summed E-state index contributed by atoms with van der Waals surface area (Å²) in [4.78, 5) is 23.0. The highest BCUT2D eigenvalue weighted by atomic mass is 32.2. The number of hydrogen-bond acceptors (Lipinski definition) is 7. The summed E-state index contributed by atoms with van der Waals surface area (Å²) >= 11 is 3.93. The molecule has 2 aromatic carbocycles. The Morgan fingerprint density at radius 3 is 2.44 bits per heavy atom. The van der Waals surface area contributed by atoms with Crippen LogP contribution in [0.15, 0.2) is 51.1 Å². The first-order valence-corrected chi connectivity index (χ1v) is 11.0. The molecule has 27 heavy (non-hydrogen) atoms. The molecule has 1 unspecified atom stereocenters. The maximum absolute atomic E-state index is 12.2. The minimum Gasteiger partial charge on any atom is -0.369 e. The lowest BCUT2D eigenvalue weighted by Gasteiger charge is -2.14. The van der Waals surface area contributed by atoms with Gasteiger partial charge in [0.05, 0.1) is 17.5 Å². The van der Waals surface area contributed by atoms with Gasteiger partial charge in [-0.2, -0.15) is 0 Å². The van der Waals surface area contributed by atoms with Gasteiger partial charge in [0, 0.05) is 0 Å². The Hall–Kier alpha value is -2.10. The lowest BCUT2D eigenvalue weighted by molar-refractivity contribution is -0.119. The van der Waals surface area contributed by atoms with Gasteiger partial charge in [0.15, 0.2) is 8.68 Å². The number of thioether (sulfide) groups is 2. The van der Waals surface area contributed by atoms with Crippen LogP contribution in [0.25, 0.3) is 10.8 Å². The zero-order valence-electron chi connectivity index (χ0n) is 14.5. The van der Waals surface area contributed by atoms with Crippen molar-refractivity contribution in [2.45, 2.75) is 21.6 Å². The molecule has 1 heterocycles. The molecule has 0 aliphatic rings. The number of carbonyl (C=O) groups is 2. The molecular formula is C18H18N4O2S3. The van der Waals surface area contributed by atoms with Crippen LogP contribution in [0.3, 0.4) is 0 Å². The van der Waals surface area contributed by atoms with Crippen molar-refractivity contribution in [1.82, 2.24) is 15.5 Å². The van der Waals surface area contributed by atoms with Gasteiger partial charge in [0.25, 0.3) is 0 Å². The quantitative estimate of drug-likeness (QED) is 0.545. The molecule has 140 valence electrons. The topological polar surface area (TPSA) is 98.0 Å². The van der Waals surface area contributed by atoms with Crippen molar-refractivity contribution in [2.24, 2.45) is 5.73 Å². The van der Waals surface area contributed by atoms with Gasteiger partial charge in [-0.3, -0.25) is 9.59 Å². The molecule has 0 radical (unpaired) electrons. The van der Waals surface area contributed by atoms with E-state index >= 15 is 0 Å². The number of nitrogens with one attached hydrogen (secondary N) is 1. The van der Waals surface area contributed by atoms with Gasteiger partial charge in [-0.05, 0) is 29.3 Å². The molecule has 0 saturated heterocycles. The monoisotopic (exact) mass is 418 g/mol. The van der Waals surface area contributed by atoms with E-state index in [1.54, 1.807) is 0 Å². The summed E-state index contributed by atoms with van der Waals surface area (Å²) in [5.74, 6) is -0.0375. The summed E-state index contributed by atoms with van der Waals surface area (Å²) < 4.78 is 1.36. The van der Waals surface area contributed by atoms with E-state index in [1.165, 1.54) is 40.2 Å². The van der Waals surface area contributed by atoms with Crippen molar-refractivity contribution >= 4 is 57.4 Å². The van der Waals surface area contributed by atoms with Crippen LogP contribution in [0.1, 0.15) is 18.5 Å². The second-order valence-corrected chi connectivity index (χ2v) is 9.20. The number of fused-ring (bicyclic) bond motifs is 1. The fourth-order valence-corrected chi connectivity index (χ4v) is 4.99. The Labute approximate surface area is 169 Å². The highest BCUT2D eigenvalue weighted by Crippen LogP contribution is 2.28. The van der Waals surface area contributed by atoms with Crippen molar-refractivity contribution in [3.05, 3.63) is 48.0 Å². The zero-order valence-corrected chi connectivity index (χ0v) is 17.0.